The highest BCUT2D eigenvalue weighted by Crippen LogP contribution is 2.29. The Morgan fingerprint density at radius 1 is 0.935 bits per heavy atom. The second-order valence-electron chi connectivity index (χ2n) is 6.74. The molecule has 1 amide bonds. The van der Waals surface area contributed by atoms with Gasteiger partial charge in [0.25, 0.3) is 5.91 Å². The lowest BCUT2D eigenvalue weighted by Gasteiger charge is -2.06. The first-order chi connectivity index (χ1) is 15.1. The Balaban J connectivity index is 1.55. The van der Waals surface area contributed by atoms with Gasteiger partial charge in [-0.2, -0.15) is 5.10 Å². The van der Waals surface area contributed by atoms with Crippen LogP contribution in [0.3, 0.4) is 0 Å². The summed E-state index contributed by atoms with van der Waals surface area (Å²) in [6.45, 7) is 0. The zero-order valence-corrected chi connectivity index (χ0v) is 16.7. The zero-order chi connectivity index (χ0) is 21.4. The first-order valence-corrected chi connectivity index (χ1v) is 10.2. The molecule has 0 aliphatic heterocycles. The van der Waals surface area contributed by atoms with Crippen LogP contribution in [0.5, 0.6) is 0 Å². The smallest absolute Gasteiger partial charge is 0.276 e. The minimum absolute atomic E-state index is 0.0169. The molecule has 3 aromatic carbocycles. The monoisotopic (exact) mass is 432 g/mol. The molecule has 0 radical (unpaired) electrons. The Morgan fingerprint density at radius 2 is 1.65 bits per heavy atom. The highest BCUT2D eigenvalue weighted by Gasteiger charge is 2.20. The van der Waals surface area contributed by atoms with E-state index in [0.717, 1.165) is 23.0 Å². The molecule has 31 heavy (non-hydrogen) atoms. The Hall–Kier alpha value is -3.91. The summed E-state index contributed by atoms with van der Waals surface area (Å²) in [5.41, 5.74) is 2.52. The Kier molecular flexibility index (Phi) is 4.76. The van der Waals surface area contributed by atoms with Gasteiger partial charge >= 0.3 is 0 Å². The molecule has 5 aromatic rings. The van der Waals surface area contributed by atoms with E-state index in [1.807, 2.05) is 60.7 Å². The van der Waals surface area contributed by atoms with Crippen LogP contribution in [0.15, 0.2) is 78.9 Å². The third kappa shape index (κ3) is 3.69. The highest BCUT2D eigenvalue weighted by atomic mass is 32.1. The fraction of sp³-hybridized carbons (Fsp3) is 0. The van der Waals surface area contributed by atoms with Crippen molar-refractivity contribution >= 4 is 32.6 Å². The van der Waals surface area contributed by atoms with E-state index in [-0.39, 0.29) is 16.3 Å². The van der Waals surface area contributed by atoms with Gasteiger partial charge in [0, 0.05) is 11.6 Å². The normalized spacial score (nSPS) is 11.0. The van der Waals surface area contributed by atoms with Gasteiger partial charge in [-0.3, -0.25) is 10.1 Å². The lowest BCUT2D eigenvalue weighted by molar-refractivity contribution is 0.101. The molecule has 152 valence electrons. The van der Waals surface area contributed by atoms with Crippen LogP contribution in [-0.2, 0) is 0 Å². The maximum absolute atomic E-state index is 14.0. The SMILES string of the molecule is O=C(Nc1nc2c(F)cc(F)cc2s1)c1cc(-c2ccccc2)nn1-c1ccccc1. The number of carbonyl (C=O) groups is 1. The Labute approximate surface area is 179 Å². The van der Waals surface area contributed by atoms with Gasteiger partial charge in [-0.15, -0.1) is 0 Å². The topological polar surface area (TPSA) is 59.8 Å². The van der Waals surface area contributed by atoms with Crippen LogP contribution < -0.4 is 5.32 Å². The number of carbonyl (C=O) groups excluding carboxylic acids is 1. The minimum atomic E-state index is -0.771. The number of anilines is 1. The van der Waals surface area contributed by atoms with E-state index < -0.39 is 17.5 Å². The molecule has 2 heterocycles. The van der Waals surface area contributed by atoms with Crippen LogP contribution in [0.25, 0.3) is 27.2 Å². The predicted octanol–water partition coefficient (Wildman–Crippen LogP) is 5.68. The van der Waals surface area contributed by atoms with Crippen molar-refractivity contribution in [3.8, 4) is 16.9 Å². The van der Waals surface area contributed by atoms with Crippen LogP contribution in [-0.4, -0.2) is 20.7 Å². The number of rotatable bonds is 4. The van der Waals surface area contributed by atoms with Gasteiger partial charge in [-0.05, 0) is 24.3 Å². The number of para-hydroxylation sites is 1. The lowest BCUT2D eigenvalue weighted by Crippen LogP contribution is -2.16. The van der Waals surface area contributed by atoms with Gasteiger partial charge in [0.05, 0.1) is 16.1 Å². The van der Waals surface area contributed by atoms with E-state index in [4.69, 9.17) is 0 Å². The number of nitrogens with one attached hydrogen (secondary N) is 1. The molecule has 0 saturated heterocycles. The number of nitrogens with zero attached hydrogens (tertiary/aromatic N) is 3. The molecule has 0 bridgehead atoms. The van der Waals surface area contributed by atoms with Gasteiger partial charge in [-0.1, -0.05) is 59.9 Å². The van der Waals surface area contributed by atoms with E-state index in [2.05, 4.69) is 15.4 Å². The van der Waals surface area contributed by atoms with E-state index >= 15 is 0 Å². The molecule has 0 aliphatic carbocycles. The number of halogens is 2. The zero-order valence-electron chi connectivity index (χ0n) is 15.9. The third-order valence-corrected chi connectivity index (χ3v) is 5.56. The van der Waals surface area contributed by atoms with Crippen molar-refractivity contribution in [1.82, 2.24) is 14.8 Å². The van der Waals surface area contributed by atoms with E-state index in [1.54, 1.807) is 10.7 Å². The molecule has 5 nitrogen and oxygen atoms in total. The summed E-state index contributed by atoms with van der Waals surface area (Å²) in [7, 11) is 0. The maximum atomic E-state index is 14.0. The van der Waals surface area contributed by atoms with Crippen molar-refractivity contribution in [1.29, 1.82) is 0 Å². The van der Waals surface area contributed by atoms with Crippen molar-refractivity contribution in [2.75, 3.05) is 5.32 Å². The molecule has 0 fully saturated rings. The molecule has 2 aromatic heterocycles. The predicted molar refractivity (Wildman–Crippen MR) is 116 cm³/mol. The number of thiazole rings is 1. The maximum Gasteiger partial charge on any atom is 0.276 e. The fourth-order valence-corrected chi connectivity index (χ4v) is 4.13. The summed E-state index contributed by atoms with van der Waals surface area (Å²) in [5, 5.41) is 7.47. The van der Waals surface area contributed by atoms with Crippen LogP contribution in [0, 0.1) is 11.6 Å². The fourth-order valence-electron chi connectivity index (χ4n) is 3.23. The molecule has 0 aliphatic rings. The first kappa shape index (κ1) is 19.1. The Bertz CT molecular complexity index is 1400. The van der Waals surface area contributed by atoms with E-state index in [9.17, 15) is 13.6 Å². The molecule has 0 atom stereocenters. The molecule has 0 saturated carbocycles. The first-order valence-electron chi connectivity index (χ1n) is 9.36. The summed E-state index contributed by atoms with van der Waals surface area (Å²) in [5.74, 6) is -1.92. The molecule has 1 N–H and O–H groups in total. The molecule has 0 unspecified atom stereocenters. The van der Waals surface area contributed by atoms with Gasteiger partial charge in [-0.25, -0.2) is 18.4 Å². The second kappa shape index (κ2) is 7.73. The van der Waals surface area contributed by atoms with Gasteiger partial charge < -0.3 is 0 Å². The third-order valence-electron chi connectivity index (χ3n) is 4.65. The summed E-state index contributed by atoms with van der Waals surface area (Å²) in [6, 6.07) is 22.4. The van der Waals surface area contributed by atoms with Crippen LogP contribution in [0.1, 0.15) is 10.5 Å². The summed E-state index contributed by atoms with van der Waals surface area (Å²) < 4.78 is 29.3. The van der Waals surface area contributed by atoms with Gasteiger partial charge in [0.15, 0.2) is 10.9 Å². The number of hydrogen-bond acceptors (Lipinski definition) is 4. The van der Waals surface area contributed by atoms with Crippen molar-refractivity contribution < 1.29 is 13.6 Å². The van der Waals surface area contributed by atoms with Crippen LogP contribution >= 0.6 is 11.3 Å². The summed E-state index contributed by atoms with van der Waals surface area (Å²) in [4.78, 5) is 17.2. The van der Waals surface area contributed by atoms with Gasteiger partial charge in [0.1, 0.15) is 17.0 Å². The Morgan fingerprint density at radius 3 is 2.39 bits per heavy atom. The summed E-state index contributed by atoms with van der Waals surface area (Å²) >= 11 is 1.00. The van der Waals surface area contributed by atoms with Crippen molar-refractivity contribution in [3.63, 3.8) is 0 Å². The average Bonchev–Trinajstić information content (AvgIpc) is 3.40. The highest BCUT2D eigenvalue weighted by molar-refractivity contribution is 7.22. The summed E-state index contributed by atoms with van der Waals surface area (Å²) in [6.07, 6.45) is 0. The van der Waals surface area contributed by atoms with Crippen molar-refractivity contribution in [2.24, 2.45) is 0 Å². The number of hydrogen-bond donors (Lipinski definition) is 1. The van der Waals surface area contributed by atoms with Crippen molar-refractivity contribution in [3.05, 3.63) is 96.2 Å². The average molecular weight is 432 g/mol. The van der Waals surface area contributed by atoms with Crippen LogP contribution in [0.4, 0.5) is 13.9 Å². The van der Waals surface area contributed by atoms with E-state index in [1.165, 1.54) is 6.07 Å². The minimum Gasteiger partial charge on any atom is -0.296 e. The van der Waals surface area contributed by atoms with E-state index in [0.29, 0.717) is 16.1 Å². The quantitative estimate of drug-likeness (QED) is 0.398. The van der Waals surface area contributed by atoms with Gasteiger partial charge in [0.2, 0.25) is 0 Å². The molecule has 5 rings (SSSR count). The standard InChI is InChI=1S/C23H14F2N4OS/c24-15-11-17(25)21-20(12-15)31-23(26-21)27-22(30)19-13-18(14-7-3-1-4-8-14)28-29(19)16-9-5-2-6-10-16/h1-13H,(H,26,27,30). The number of aromatic nitrogens is 3. The molecule has 8 heteroatoms. The number of amides is 1. The van der Waals surface area contributed by atoms with Crippen molar-refractivity contribution in [2.45, 2.75) is 0 Å². The molecule has 0 spiro atoms. The largest absolute Gasteiger partial charge is 0.296 e. The van der Waals surface area contributed by atoms with Crippen LogP contribution in [0.2, 0.25) is 0 Å². The molecular formula is C23H14F2N4OS. The number of fused-ring (bicyclic) bond motifs is 1. The number of benzene rings is 3. The lowest BCUT2D eigenvalue weighted by atomic mass is 10.1. The molecular weight excluding hydrogens is 418 g/mol. The second-order valence-corrected chi connectivity index (χ2v) is 7.77.